The van der Waals surface area contributed by atoms with Gasteiger partial charge in [0.05, 0.1) is 16.8 Å². The Hall–Kier alpha value is -2.92. The first kappa shape index (κ1) is 22.4. The number of benzene rings is 1. The molecule has 0 amide bonds. The summed E-state index contributed by atoms with van der Waals surface area (Å²) in [4.78, 5) is 24.4. The van der Waals surface area contributed by atoms with Crippen LogP contribution in [0.2, 0.25) is 0 Å². The summed E-state index contributed by atoms with van der Waals surface area (Å²) in [5.74, 6) is -3.84. The molecule has 29 heavy (non-hydrogen) atoms. The van der Waals surface area contributed by atoms with Crippen LogP contribution in [0.3, 0.4) is 0 Å². The summed E-state index contributed by atoms with van der Waals surface area (Å²) < 4.78 is 89.8. The average molecular weight is 426 g/mol. The monoisotopic (exact) mass is 426 g/mol. The van der Waals surface area contributed by atoms with E-state index in [1.54, 1.807) is 0 Å². The molecule has 1 saturated heterocycles. The van der Waals surface area contributed by atoms with Gasteiger partial charge in [0.1, 0.15) is 0 Å². The second-order valence-electron chi connectivity index (χ2n) is 6.69. The lowest BCUT2D eigenvalue weighted by molar-refractivity contribution is -0.222. The molecule has 6 nitrogen and oxygen atoms in total. The molecule has 0 bridgehead atoms. The average Bonchev–Trinajstić information content (AvgIpc) is 2.50. The zero-order valence-corrected chi connectivity index (χ0v) is 15.6. The summed E-state index contributed by atoms with van der Waals surface area (Å²) in [6, 6.07) is 0.871. The molecule has 0 unspecified atom stereocenters. The van der Waals surface area contributed by atoms with Gasteiger partial charge in [0, 0.05) is 39.8 Å². The van der Waals surface area contributed by atoms with Gasteiger partial charge in [0.25, 0.3) is 5.79 Å². The topological polar surface area (TPSA) is 67.9 Å². The zero-order chi connectivity index (χ0) is 22.4. The molecule has 1 fully saturated rings. The highest BCUT2D eigenvalue weighted by molar-refractivity contribution is 6.15. The Labute approximate surface area is 161 Å². The van der Waals surface area contributed by atoms with Gasteiger partial charge in [-0.2, -0.15) is 26.3 Å². The summed E-state index contributed by atoms with van der Waals surface area (Å²) in [6.45, 7) is 2.55. The summed E-state index contributed by atoms with van der Waals surface area (Å²) in [7, 11) is 2.09. The predicted octanol–water partition coefficient (Wildman–Crippen LogP) is 3.92. The fourth-order valence-corrected chi connectivity index (χ4v) is 2.57. The third kappa shape index (κ3) is 4.93. The van der Waals surface area contributed by atoms with Crippen molar-refractivity contribution in [1.29, 1.82) is 0 Å². The summed E-state index contributed by atoms with van der Waals surface area (Å²) in [5, 5.41) is 2.11. The number of anilines is 2. The highest BCUT2D eigenvalue weighted by Crippen LogP contribution is 2.45. The molecule has 0 saturated carbocycles. The van der Waals surface area contributed by atoms with Crippen molar-refractivity contribution >= 4 is 23.3 Å². The maximum absolute atomic E-state index is 13.4. The number of nitrogens with one attached hydrogen (secondary N) is 1. The first-order chi connectivity index (χ1) is 13.0. The van der Waals surface area contributed by atoms with Crippen LogP contribution in [0.5, 0.6) is 0 Å². The molecule has 0 spiro atoms. The maximum atomic E-state index is 13.4. The number of ether oxygens (including phenoxy) is 2. The molecule has 1 heterocycles. The van der Waals surface area contributed by atoms with Crippen molar-refractivity contribution in [3.63, 3.8) is 0 Å². The van der Waals surface area contributed by atoms with Crippen molar-refractivity contribution in [3.05, 3.63) is 35.0 Å². The minimum absolute atomic E-state index is 0.436. The molecule has 1 aliphatic rings. The number of rotatable bonds is 3. The number of carbonyl (C=O) groups is 2. The standard InChI is InChI=1S/C17H16F6N2O4/c1-15(2)28-13(26)9(14(27)29-15)7-24-8-5-10(16(18,19)20)12(25(3)4)11(6-8)17(21,22)23/h5-7,24H,1-4H3. The van der Waals surface area contributed by atoms with Gasteiger partial charge in [-0.3, -0.25) is 0 Å². The second-order valence-corrected chi connectivity index (χ2v) is 6.69. The molecule has 160 valence electrons. The highest BCUT2D eigenvalue weighted by atomic mass is 19.4. The predicted molar refractivity (Wildman–Crippen MR) is 88.7 cm³/mol. The first-order valence-corrected chi connectivity index (χ1v) is 7.96. The number of hydrogen-bond acceptors (Lipinski definition) is 6. The second kappa shape index (κ2) is 7.16. The Kier molecular flexibility index (Phi) is 5.52. The number of alkyl halides is 6. The third-order valence-corrected chi connectivity index (χ3v) is 3.67. The van der Waals surface area contributed by atoms with Crippen LogP contribution in [-0.2, 0) is 31.4 Å². The van der Waals surface area contributed by atoms with Crippen molar-refractivity contribution in [1.82, 2.24) is 0 Å². The van der Waals surface area contributed by atoms with E-state index in [-0.39, 0.29) is 0 Å². The molecule has 0 radical (unpaired) electrons. The summed E-state index contributed by atoms with van der Waals surface area (Å²) in [5.41, 5.74) is -5.53. The van der Waals surface area contributed by atoms with Crippen LogP contribution in [-0.4, -0.2) is 31.8 Å². The fourth-order valence-electron chi connectivity index (χ4n) is 2.57. The van der Waals surface area contributed by atoms with E-state index in [0.29, 0.717) is 23.2 Å². The van der Waals surface area contributed by atoms with Crippen LogP contribution in [0.25, 0.3) is 0 Å². The van der Waals surface area contributed by atoms with E-state index in [2.05, 4.69) is 5.32 Å². The van der Waals surface area contributed by atoms with Gasteiger partial charge in [0.2, 0.25) is 0 Å². The molecule has 0 atom stereocenters. The van der Waals surface area contributed by atoms with Gasteiger partial charge in [-0.25, -0.2) is 9.59 Å². The molecule has 0 aromatic heterocycles. The molecule has 12 heteroatoms. The summed E-state index contributed by atoms with van der Waals surface area (Å²) >= 11 is 0. The fraction of sp³-hybridized carbons (Fsp3) is 0.412. The van der Waals surface area contributed by atoms with Crippen molar-refractivity contribution in [2.45, 2.75) is 32.0 Å². The van der Waals surface area contributed by atoms with Gasteiger partial charge < -0.3 is 19.7 Å². The van der Waals surface area contributed by atoms with Crippen molar-refractivity contribution in [3.8, 4) is 0 Å². The van der Waals surface area contributed by atoms with Crippen molar-refractivity contribution in [2.75, 3.05) is 24.3 Å². The van der Waals surface area contributed by atoms with E-state index in [4.69, 9.17) is 9.47 Å². The maximum Gasteiger partial charge on any atom is 0.418 e. The SMILES string of the molecule is CN(C)c1c(C(F)(F)F)cc(NC=C2C(=O)OC(C)(C)OC2=O)cc1C(F)(F)F. The van der Waals surface area contributed by atoms with Gasteiger partial charge in [-0.05, 0) is 12.1 Å². The van der Waals surface area contributed by atoms with Crippen LogP contribution >= 0.6 is 0 Å². The van der Waals surface area contributed by atoms with E-state index < -0.39 is 58.2 Å². The van der Waals surface area contributed by atoms with E-state index in [0.717, 1.165) is 14.1 Å². The Balaban J connectivity index is 2.54. The highest BCUT2D eigenvalue weighted by Gasteiger charge is 2.43. The first-order valence-electron chi connectivity index (χ1n) is 7.96. The molecule has 1 aromatic carbocycles. The quantitative estimate of drug-likeness (QED) is 0.342. The lowest BCUT2D eigenvalue weighted by Gasteiger charge is -2.29. The Morgan fingerprint density at radius 3 is 1.69 bits per heavy atom. The number of halogens is 6. The van der Waals surface area contributed by atoms with Gasteiger partial charge >= 0.3 is 24.3 Å². The lowest BCUT2D eigenvalue weighted by Crippen LogP contribution is -2.42. The van der Waals surface area contributed by atoms with E-state index in [1.807, 2.05) is 0 Å². The van der Waals surface area contributed by atoms with Gasteiger partial charge in [-0.15, -0.1) is 0 Å². The number of esters is 2. The number of cyclic esters (lactones) is 2. The minimum Gasteiger partial charge on any atom is -0.419 e. The number of hydrogen-bond donors (Lipinski definition) is 1. The molecule has 2 rings (SSSR count). The number of carbonyl (C=O) groups excluding carboxylic acids is 2. The van der Waals surface area contributed by atoms with Crippen molar-refractivity contribution < 1.29 is 45.4 Å². The van der Waals surface area contributed by atoms with E-state index in [1.165, 1.54) is 13.8 Å². The normalized spacial score (nSPS) is 16.8. The van der Waals surface area contributed by atoms with Crippen LogP contribution in [0, 0.1) is 0 Å². The van der Waals surface area contributed by atoms with Crippen LogP contribution in [0.15, 0.2) is 23.9 Å². The summed E-state index contributed by atoms with van der Waals surface area (Å²) in [6.07, 6.45) is -9.57. The number of nitrogens with zero attached hydrogens (tertiary/aromatic N) is 1. The van der Waals surface area contributed by atoms with Gasteiger partial charge in [0.15, 0.2) is 5.57 Å². The minimum atomic E-state index is -5.10. The zero-order valence-electron chi connectivity index (χ0n) is 15.6. The molecular weight excluding hydrogens is 410 g/mol. The molecule has 1 aromatic rings. The molecule has 1 N–H and O–H groups in total. The largest absolute Gasteiger partial charge is 0.419 e. The Morgan fingerprint density at radius 2 is 1.34 bits per heavy atom. The molecular formula is C17H16F6N2O4. The van der Waals surface area contributed by atoms with Gasteiger partial charge in [-0.1, -0.05) is 0 Å². The molecule has 1 aliphatic heterocycles. The van der Waals surface area contributed by atoms with E-state index in [9.17, 15) is 35.9 Å². The Bertz CT molecular complexity index is 815. The van der Waals surface area contributed by atoms with Crippen LogP contribution in [0.4, 0.5) is 37.7 Å². The molecule has 0 aliphatic carbocycles. The van der Waals surface area contributed by atoms with E-state index >= 15 is 0 Å². The third-order valence-electron chi connectivity index (χ3n) is 3.67. The van der Waals surface area contributed by atoms with Crippen LogP contribution in [0.1, 0.15) is 25.0 Å². The van der Waals surface area contributed by atoms with Crippen LogP contribution < -0.4 is 10.2 Å². The smallest absolute Gasteiger partial charge is 0.418 e. The lowest BCUT2D eigenvalue weighted by atomic mass is 10.0. The Morgan fingerprint density at radius 1 is 0.931 bits per heavy atom. The van der Waals surface area contributed by atoms with Crippen molar-refractivity contribution in [2.24, 2.45) is 0 Å².